The molecule has 1 aromatic rings. The minimum Gasteiger partial charge on any atom is -0.301 e. The van der Waals surface area contributed by atoms with Crippen LogP contribution in [0.3, 0.4) is 0 Å². The molecule has 1 aliphatic rings. The van der Waals surface area contributed by atoms with Gasteiger partial charge in [-0.1, -0.05) is 6.92 Å². The Morgan fingerprint density at radius 2 is 2.05 bits per heavy atom. The number of hydrogen-bond acceptors (Lipinski definition) is 5. The van der Waals surface area contributed by atoms with Crippen molar-refractivity contribution in [1.82, 2.24) is 9.71 Å². The van der Waals surface area contributed by atoms with Crippen molar-refractivity contribution in [2.24, 2.45) is 5.92 Å². The van der Waals surface area contributed by atoms with Crippen LogP contribution < -0.4 is 10.0 Å². The van der Waals surface area contributed by atoms with E-state index in [1.165, 1.54) is 11.3 Å². The molecule has 1 aromatic heterocycles. The van der Waals surface area contributed by atoms with Crippen LogP contribution in [-0.2, 0) is 14.8 Å². The van der Waals surface area contributed by atoms with Crippen molar-refractivity contribution in [3.05, 3.63) is 11.1 Å². The minimum atomic E-state index is -3.60. The first-order chi connectivity index (χ1) is 9.84. The Labute approximate surface area is 129 Å². The molecule has 2 N–H and O–H groups in total. The fourth-order valence-electron chi connectivity index (χ4n) is 2.41. The lowest BCUT2D eigenvalue weighted by molar-refractivity contribution is -0.113. The third kappa shape index (κ3) is 5.37. The maximum Gasteiger partial charge on any atom is 0.242 e. The summed E-state index contributed by atoms with van der Waals surface area (Å²) in [5.41, 5.74) is 0.799. The summed E-state index contributed by atoms with van der Waals surface area (Å²) in [5.74, 6) is -0.458. The van der Waals surface area contributed by atoms with E-state index in [0.717, 1.165) is 31.4 Å². The van der Waals surface area contributed by atoms with Gasteiger partial charge in [-0.2, -0.15) is 0 Å². The third-order valence-corrected chi connectivity index (χ3v) is 5.76. The van der Waals surface area contributed by atoms with Crippen molar-refractivity contribution in [2.75, 3.05) is 11.1 Å². The molecule has 1 aliphatic carbocycles. The number of thiazole rings is 1. The van der Waals surface area contributed by atoms with Gasteiger partial charge < -0.3 is 5.32 Å². The van der Waals surface area contributed by atoms with Crippen LogP contribution in [0.15, 0.2) is 5.38 Å². The molecule has 1 fully saturated rings. The lowest BCUT2D eigenvalue weighted by Crippen LogP contribution is -2.41. The number of rotatable bonds is 5. The molecule has 1 saturated carbocycles. The topological polar surface area (TPSA) is 88.2 Å². The van der Waals surface area contributed by atoms with Gasteiger partial charge >= 0.3 is 0 Å². The number of carbonyl (C=O) groups excluding carboxylic acids is 1. The van der Waals surface area contributed by atoms with E-state index in [4.69, 9.17) is 0 Å². The highest BCUT2D eigenvalue weighted by Crippen LogP contribution is 2.23. The lowest BCUT2D eigenvalue weighted by Gasteiger charge is -2.26. The third-order valence-electron chi connectivity index (χ3n) is 3.55. The number of nitrogens with zero attached hydrogens (tertiary/aromatic N) is 1. The van der Waals surface area contributed by atoms with Crippen molar-refractivity contribution in [3.8, 4) is 0 Å². The number of nitrogens with one attached hydrogen (secondary N) is 2. The summed E-state index contributed by atoms with van der Waals surface area (Å²) in [4.78, 5) is 15.8. The summed E-state index contributed by atoms with van der Waals surface area (Å²) >= 11 is 1.28. The van der Waals surface area contributed by atoms with Crippen LogP contribution in [0.5, 0.6) is 0 Å². The summed E-state index contributed by atoms with van der Waals surface area (Å²) in [6, 6.07) is -0.0406. The van der Waals surface area contributed by atoms with E-state index in [-0.39, 0.29) is 6.04 Å². The Balaban J connectivity index is 1.84. The number of carbonyl (C=O) groups is 1. The van der Waals surface area contributed by atoms with Gasteiger partial charge in [-0.3, -0.25) is 4.79 Å². The molecule has 0 spiro atoms. The Bertz CT molecular complexity index is 590. The first kappa shape index (κ1) is 16.4. The summed E-state index contributed by atoms with van der Waals surface area (Å²) in [5, 5.41) is 4.74. The van der Waals surface area contributed by atoms with Crippen LogP contribution in [0, 0.1) is 12.8 Å². The largest absolute Gasteiger partial charge is 0.301 e. The second kappa shape index (κ2) is 6.85. The number of hydrogen-bond donors (Lipinski definition) is 2. The van der Waals surface area contributed by atoms with Gasteiger partial charge in [-0.25, -0.2) is 18.1 Å². The lowest BCUT2D eigenvalue weighted by atomic mass is 9.88. The van der Waals surface area contributed by atoms with Crippen molar-refractivity contribution < 1.29 is 13.2 Å². The molecule has 0 bridgehead atoms. The van der Waals surface area contributed by atoms with Gasteiger partial charge in [0.05, 0.1) is 5.69 Å². The van der Waals surface area contributed by atoms with Crippen molar-refractivity contribution in [3.63, 3.8) is 0 Å². The van der Waals surface area contributed by atoms with Gasteiger partial charge in [-0.15, -0.1) is 11.3 Å². The molecule has 0 saturated heterocycles. The highest BCUT2D eigenvalue weighted by Gasteiger charge is 2.24. The Morgan fingerprint density at radius 3 is 2.62 bits per heavy atom. The van der Waals surface area contributed by atoms with Gasteiger partial charge in [0.2, 0.25) is 15.9 Å². The molecule has 118 valence electrons. The molecule has 0 radical (unpaired) electrons. The number of sulfonamides is 1. The second-order valence-electron chi connectivity index (χ2n) is 5.68. The SMILES string of the molecule is Cc1csc(NC(=O)CS(=O)(=O)NC2CCC(C)CC2)n1. The van der Waals surface area contributed by atoms with Crippen LogP contribution in [-0.4, -0.2) is 31.1 Å². The molecule has 0 aromatic carbocycles. The highest BCUT2D eigenvalue weighted by molar-refractivity contribution is 7.90. The fraction of sp³-hybridized carbons (Fsp3) is 0.692. The molecule has 0 unspecified atom stereocenters. The van der Waals surface area contributed by atoms with Crippen LogP contribution in [0.4, 0.5) is 5.13 Å². The maximum absolute atomic E-state index is 12.0. The monoisotopic (exact) mass is 331 g/mol. The molecule has 8 heteroatoms. The summed E-state index contributed by atoms with van der Waals surface area (Å²) in [6.45, 7) is 3.99. The van der Waals surface area contributed by atoms with Gasteiger partial charge in [-0.05, 0) is 38.5 Å². The predicted molar refractivity (Wildman–Crippen MR) is 83.8 cm³/mol. The van der Waals surface area contributed by atoms with Gasteiger partial charge in [0.15, 0.2) is 5.13 Å². The molecule has 1 amide bonds. The average molecular weight is 331 g/mol. The smallest absolute Gasteiger partial charge is 0.242 e. The van der Waals surface area contributed by atoms with Crippen LogP contribution in [0.25, 0.3) is 0 Å². The molecule has 21 heavy (non-hydrogen) atoms. The summed E-state index contributed by atoms with van der Waals surface area (Å²) in [6.07, 6.45) is 3.73. The zero-order valence-corrected chi connectivity index (χ0v) is 13.9. The predicted octanol–water partition coefficient (Wildman–Crippen LogP) is 1.89. The molecular weight excluding hydrogens is 310 g/mol. The van der Waals surface area contributed by atoms with Gasteiger partial charge in [0.1, 0.15) is 5.75 Å². The summed E-state index contributed by atoms with van der Waals surface area (Å²) < 4.78 is 26.6. The molecule has 0 aliphatic heterocycles. The molecule has 2 rings (SSSR count). The zero-order valence-electron chi connectivity index (χ0n) is 12.3. The average Bonchev–Trinajstić information content (AvgIpc) is 2.76. The molecule has 0 atom stereocenters. The number of amides is 1. The van der Waals surface area contributed by atoms with Crippen molar-refractivity contribution >= 4 is 32.4 Å². The summed E-state index contributed by atoms with van der Waals surface area (Å²) in [7, 11) is -3.60. The van der Waals surface area contributed by atoms with Crippen LogP contribution in [0.2, 0.25) is 0 Å². The second-order valence-corrected chi connectivity index (χ2v) is 8.29. The Hall–Kier alpha value is -0.990. The first-order valence-corrected chi connectivity index (χ1v) is 9.59. The molecule has 6 nitrogen and oxygen atoms in total. The van der Waals surface area contributed by atoms with Crippen LogP contribution >= 0.6 is 11.3 Å². The van der Waals surface area contributed by atoms with E-state index in [0.29, 0.717) is 11.0 Å². The van der Waals surface area contributed by atoms with E-state index in [1.807, 2.05) is 6.92 Å². The van der Waals surface area contributed by atoms with E-state index >= 15 is 0 Å². The normalized spacial score (nSPS) is 23.0. The minimum absolute atomic E-state index is 0.0406. The molecular formula is C13H21N3O3S2. The van der Waals surface area contributed by atoms with E-state index in [9.17, 15) is 13.2 Å². The number of aromatic nitrogens is 1. The van der Waals surface area contributed by atoms with Crippen molar-refractivity contribution in [2.45, 2.75) is 45.6 Å². The maximum atomic E-state index is 12.0. The molecule has 1 heterocycles. The van der Waals surface area contributed by atoms with Gasteiger partial charge in [0, 0.05) is 11.4 Å². The highest BCUT2D eigenvalue weighted by atomic mass is 32.2. The van der Waals surface area contributed by atoms with Crippen LogP contribution in [0.1, 0.15) is 38.3 Å². The first-order valence-electron chi connectivity index (χ1n) is 7.06. The fourth-order valence-corrected chi connectivity index (χ4v) is 4.36. The quantitative estimate of drug-likeness (QED) is 0.862. The Morgan fingerprint density at radius 1 is 1.38 bits per heavy atom. The van der Waals surface area contributed by atoms with E-state index in [1.54, 1.807) is 5.38 Å². The zero-order chi connectivity index (χ0) is 15.5. The Kier molecular flexibility index (Phi) is 5.34. The van der Waals surface area contributed by atoms with Crippen molar-refractivity contribution in [1.29, 1.82) is 0 Å². The van der Waals surface area contributed by atoms with E-state index in [2.05, 4.69) is 21.9 Å². The van der Waals surface area contributed by atoms with E-state index < -0.39 is 21.7 Å². The number of anilines is 1. The standard InChI is InChI=1S/C13H21N3O3S2/c1-9-3-5-11(6-4-9)16-21(18,19)8-12(17)15-13-14-10(2)7-20-13/h7,9,11,16H,3-6,8H2,1-2H3,(H,14,15,17). The van der Waals surface area contributed by atoms with Gasteiger partial charge in [0.25, 0.3) is 0 Å². The number of aryl methyl sites for hydroxylation is 1.